The highest BCUT2D eigenvalue weighted by Gasteiger charge is 2.31. The number of carbonyl (C=O) groups is 2. The second-order valence-electron chi connectivity index (χ2n) is 8.97. The number of benzene rings is 4. The Morgan fingerprint density at radius 3 is 2.05 bits per heavy atom. The van der Waals surface area contributed by atoms with Crippen LogP contribution in [-0.4, -0.2) is 16.7 Å². The van der Waals surface area contributed by atoms with Crippen LogP contribution in [0.3, 0.4) is 0 Å². The topological polar surface area (TPSA) is 49.4 Å². The van der Waals surface area contributed by atoms with Gasteiger partial charge in [-0.2, -0.15) is 0 Å². The van der Waals surface area contributed by atoms with Crippen molar-refractivity contribution in [1.82, 2.24) is 10.2 Å². The Hall–Kier alpha value is -3.96. The van der Waals surface area contributed by atoms with Crippen molar-refractivity contribution in [2.24, 2.45) is 0 Å². The lowest BCUT2D eigenvalue weighted by Gasteiger charge is -2.32. The Morgan fingerprint density at radius 1 is 0.811 bits per heavy atom. The molecule has 0 fully saturated rings. The van der Waals surface area contributed by atoms with E-state index in [1.54, 1.807) is 41.3 Å². The molecule has 4 aromatic rings. The highest BCUT2D eigenvalue weighted by Crippen LogP contribution is 2.25. The molecule has 0 aliphatic carbocycles. The van der Waals surface area contributed by atoms with Gasteiger partial charge in [-0.3, -0.25) is 9.59 Å². The molecule has 0 bridgehead atoms. The van der Waals surface area contributed by atoms with Gasteiger partial charge in [0.25, 0.3) is 0 Å². The fourth-order valence-electron chi connectivity index (χ4n) is 4.09. The molecule has 0 saturated carbocycles. The summed E-state index contributed by atoms with van der Waals surface area (Å²) in [6.45, 7) is 2.48. The molecule has 1 N–H and O–H groups in total. The predicted octanol–water partition coefficient (Wildman–Crippen LogP) is 6.42. The van der Waals surface area contributed by atoms with Gasteiger partial charge in [-0.15, -0.1) is 0 Å². The summed E-state index contributed by atoms with van der Waals surface area (Å²) < 4.78 is 13.6. The smallest absolute Gasteiger partial charge is 0.247 e. The van der Waals surface area contributed by atoms with E-state index in [1.807, 2.05) is 61.5 Å². The zero-order chi connectivity index (χ0) is 26.2. The van der Waals surface area contributed by atoms with E-state index >= 15 is 0 Å². The van der Waals surface area contributed by atoms with Gasteiger partial charge in [0.05, 0.1) is 6.42 Å². The van der Waals surface area contributed by atoms with Crippen LogP contribution in [0.1, 0.15) is 33.9 Å². The number of hydrogen-bond acceptors (Lipinski definition) is 2. The van der Waals surface area contributed by atoms with E-state index in [4.69, 9.17) is 11.6 Å². The third-order valence-corrected chi connectivity index (χ3v) is 6.37. The van der Waals surface area contributed by atoms with Gasteiger partial charge in [0.15, 0.2) is 0 Å². The third kappa shape index (κ3) is 7.28. The summed E-state index contributed by atoms with van der Waals surface area (Å²) in [5, 5.41) is 3.59. The minimum atomic E-state index is -0.878. The molecule has 0 aliphatic heterocycles. The molecule has 4 aromatic carbocycles. The van der Waals surface area contributed by atoms with Crippen molar-refractivity contribution in [3.05, 3.63) is 142 Å². The first kappa shape index (κ1) is 26.1. The molecule has 0 aromatic heterocycles. The normalized spacial score (nSPS) is 11.5. The molecule has 0 spiro atoms. The zero-order valence-corrected chi connectivity index (χ0v) is 21.3. The maximum absolute atomic E-state index is 13.7. The summed E-state index contributed by atoms with van der Waals surface area (Å²) in [4.78, 5) is 29.0. The summed E-state index contributed by atoms with van der Waals surface area (Å²) in [5.74, 6) is -0.887. The average molecular weight is 515 g/mol. The molecule has 1 atom stereocenters. The van der Waals surface area contributed by atoms with Crippen molar-refractivity contribution >= 4 is 23.4 Å². The summed E-state index contributed by atoms with van der Waals surface area (Å²) in [5.41, 5.74) is 4.29. The number of amides is 2. The zero-order valence-electron chi connectivity index (χ0n) is 20.5. The Morgan fingerprint density at radius 2 is 1.41 bits per heavy atom. The molecule has 6 heteroatoms. The van der Waals surface area contributed by atoms with Crippen molar-refractivity contribution in [2.75, 3.05) is 0 Å². The lowest BCUT2D eigenvalue weighted by atomic mass is 10.0. The van der Waals surface area contributed by atoms with Gasteiger partial charge in [0, 0.05) is 18.1 Å². The SMILES string of the molecule is Cc1ccc(CNC(=O)[C@H](c2ccccc2)N(Cc2ccc(F)cc2)C(=O)Cc2ccc(Cl)cc2)cc1. The molecule has 0 saturated heterocycles. The van der Waals surface area contributed by atoms with E-state index in [1.165, 1.54) is 12.1 Å². The van der Waals surface area contributed by atoms with Crippen LogP contribution < -0.4 is 5.32 Å². The van der Waals surface area contributed by atoms with Crippen molar-refractivity contribution in [3.63, 3.8) is 0 Å². The second kappa shape index (κ2) is 12.3. The Bertz CT molecular complexity index is 1320. The quantitative estimate of drug-likeness (QED) is 0.280. The molecule has 4 rings (SSSR count). The molecule has 0 unspecified atom stereocenters. The van der Waals surface area contributed by atoms with Crippen molar-refractivity contribution in [1.29, 1.82) is 0 Å². The Labute approximate surface area is 221 Å². The molecule has 0 aliphatic rings. The molecular weight excluding hydrogens is 487 g/mol. The van der Waals surface area contributed by atoms with E-state index in [0.29, 0.717) is 17.1 Å². The van der Waals surface area contributed by atoms with Crippen LogP contribution in [0.4, 0.5) is 4.39 Å². The molecule has 188 valence electrons. The first-order chi connectivity index (χ1) is 17.9. The predicted molar refractivity (Wildman–Crippen MR) is 144 cm³/mol. The van der Waals surface area contributed by atoms with E-state index in [2.05, 4.69) is 5.32 Å². The van der Waals surface area contributed by atoms with E-state index < -0.39 is 6.04 Å². The van der Waals surface area contributed by atoms with Crippen molar-refractivity contribution in [2.45, 2.75) is 32.5 Å². The second-order valence-corrected chi connectivity index (χ2v) is 9.40. The van der Waals surface area contributed by atoms with Gasteiger partial charge in [-0.25, -0.2) is 4.39 Å². The minimum absolute atomic E-state index is 0.0902. The lowest BCUT2D eigenvalue weighted by molar-refractivity contribution is -0.141. The van der Waals surface area contributed by atoms with Crippen molar-refractivity contribution in [3.8, 4) is 0 Å². The van der Waals surface area contributed by atoms with Crippen molar-refractivity contribution < 1.29 is 14.0 Å². The number of rotatable bonds is 9. The first-order valence-corrected chi connectivity index (χ1v) is 12.4. The van der Waals surface area contributed by atoms with E-state index in [-0.39, 0.29) is 30.6 Å². The van der Waals surface area contributed by atoms with E-state index in [0.717, 1.165) is 22.3 Å². The van der Waals surface area contributed by atoms with Gasteiger partial charge in [0.2, 0.25) is 11.8 Å². The molecule has 0 radical (unpaired) electrons. The maximum Gasteiger partial charge on any atom is 0.247 e. The van der Waals surface area contributed by atoms with Crippen LogP contribution in [0.5, 0.6) is 0 Å². The Balaban J connectivity index is 1.66. The number of nitrogens with one attached hydrogen (secondary N) is 1. The number of nitrogens with zero attached hydrogens (tertiary/aromatic N) is 1. The highest BCUT2D eigenvalue weighted by atomic mass is 35.5. The average Bonchev–Trinajstić information content (AvgIpc) is 2.91. The van der Waals surface area contributed by atoms with Gasteiger partial charge >= 0.3 is 0 Å². The van der Waals surface area contributed by atoms with Crippen LogP contribution in [-0.2, 0) is 29.1 Å². The van der Waals surface area contributed by atoms with Crippen LogP contribution >= 0.6 is 11.6 Å². The first-order valence-electron chi connectivity index (χ1n) is 12.1. The minimum Gasteiger partial charge on any atom is -0.350 e. The maximum atomic E-state index is 13.7. The lowest BCUT2D eigenvalue weighted by Crippen LogP contribution is -2.43. The molecular formula is C31H28ClFN2O2. The summed E-state index contributed by atoms with van der Waals surface area (Å²) in [6, 6.07) is 29.3. The highest BCUT2D eigenvalue weighted by molar-refractivity contribution is 6.30. The third-order valence-electron chi connectivity index (χ3n) is 6.12. The van der Waals surface area contributed by atoms with Gasteiger partial charge in [-0.05, 0) is 53.4 Å². The molecule has 37 heavy (non-hydrogen) atoms. The van der Waals surface area contributed by atoms with Crippen LogP contribution in [0.25, 0.3) is 0 Å². The van der Waals surface area contributed by atoms with Crippen LogP contribution in [0.15, 0.2) is 103 Å². The fraction of sp³-hybridized carbons (Fsp3) is 0.161. The summed E-state index contributed by atoms with van der Waals surface area (Å²) in [7, 11) is 0. The summed E-state index contributed by atoms with van der Waals surface area (Å²) in [6.07, 6.45) is 0.0902. The van der Waals surface area contributed by atoms with Gasteiger partial charge in [-0.1, -0.05) is 96.0 Å². The largest absolute Gasteiger partial charge is 0.350 e. The van der Waals surface area contributed by atoms with Crippen LogP contribution in [0, 0.1) is 12.7 Å². The molecule has 2 amide bonds. The molecule has 4 nitrogen and oxygen atoms in total. The number of carbonyl (C=O) groups excluding carboxylic acids is 2. The van der Waals surface area contributed by atoms with Gasteiger partial charge < -0.3 is 10.2 Å². The fourth-order valence-corrected chi connectivity index (χ4v) is 4.21. The monoisotopic (exact) mass is 514 g/mol. The van der Waals surface area contributed by atoms with Gasteiger partial charge in [0.1, 0.15) is 11.9 Å². The Kier molecular flexibility index (Phi) is 8.70. The number of hydrogen-bond donors (Lipinski definition) is 1. The summed E-state index contributed by atoms with van der Waals surface area (Å²) >= 11 is 6.02. The standard InChI is InChI=1S/C31H28ClFN2O2/c1-22-7-9-24(10-8-22)20-34-31(37)30(26-5-3-2-4-6-26)35(21-25-13-17-28(33)18-14-25)29(36)19-23-11-15-27(32)16-12-23/h2-18,30H,19-21H2,1H3,(H,34,37)/t30-/m0/s1. The number of aryl methyl sites for hydroxylation is 1. The van der Waals surface area contributed by atoms with E-state index in [9.17, 15) is 14.0 Å². The molecule has 0 heterocycles. The van der Waals surface area contributed by atoms with Crippen LogP contribution in [0.2, 0.25) is 5.02 Å². The number of halogens is 2.